The molecular formula is C90H56N4O2S2. The normalized spacial score (nSPS) is 12.2. The molecule has 0 unspecified atom stereocenters. The molecule has 460 valence electrons. The van der Waals surface area contributed by atoms with Crippen molar-refractivity contribution in [3.05, 3.63) is 340 Å². The molecule has 0 N–H and O–H groups in total. The fourth-order valence-electron chi connectivity index (χ4n) is 15.2. The first-order chi connectivity index (χ1) is 48.6. The molecule has 21 rings (SSSR count). The van der Waals surface area contributed by atoms with Crippen LogP contribution in [0.25, 0.3) is 132 Å². The van der Waals surface area contributed by atoms with Crippen LogP contribution < -0.4 is 9.80 Å². The van der Waals surface area contributed by atoms with Gasteiger partial charge in [-0.05, 0) is 161 Å². The molecule has 0 aliphatic carbocycles. The number of para-hydroxylation sites is 6. The van der Waals surface area contributed by atoms with Crippen molar-refractivity contribution in [1.29, 1.82) is 0 Å². The van der Waals surface area contributed by atoms with Gasteiger partial charge in [-0.3, -0.25) is 0 Å². The molecule has 2 aliphatic rings. The number of furan rings is 2. The Kier molecular flexibility index (Phi) is 13.0. The van der Waals surface area contributed by atoms with E-state index in [1.165, 1.54) is 108 Å². The monoisotopic (exact) mass is 1290 g/mol. The molecule has 0 bridgehead atoms. The van der Waals surface area contributed by atoms with E-state index in [4.69, 9.17) is 8.83 Å². The van der Waals surface area contributed by atoms with Gasteiger partial charge in [0.2, 0.25) is 0 Å². The van der Waals surface area contributed by atoms with E-state index in [1.54, 1.807) is 0 Å². The Bertz CT molecular complexity index is 6170. The van der Waals surface area contributed by atoms with Crippen LogP contribution in [-0.4, -0.2) is 9.13 Å². The number of aromatic nitrogens is 2. The number of hydrogen-bond acceptors (Lipinski definition) is 6. The lowest BCUT2D eigenvalue weighted by molar-refractivity contribution is 0.669. The summed E-state index contributed by atoms with van der Waals surface area (Å²) in [5, 5.41) is 9.52. The molecule has 0 radical (unpaired) electrons. The van der Waals surface area contributed by atoms with Gasteiger partial charge in [0.25, 0.3) is 0 Å². The summed E-state index contributed by atoms with van der Waals surface area (Å²) in [6.07, 6.45) is 0. The lowest BCUT2D eigenvalue weighted by atomic mass is 9.99. The molecule has 0 atom stereocenters. The molecule has 0 spiro atoms. The first kappa shape index (κ1) is 56.2. The largest absolute Gasteiger partial charge is 0.456 e. The van der Waals surface area contributed by atoms with Crippen molar-refractivity contribution in [2.24, 2.45) is 0 Å². The molecule has 19 aromatic rings. The van der Waals surface area contributed by atoms with Crippen molar-refractivity contribution in [2.75, 3.05) is 9.80 Å². The SMILES string of the molecule is c1ccc(-c2ccc(N(c3ccc(-c4ccccc4)cc3)c3cccc4c3c3cccc5c3n4-c3ccccc3S5)cc2)cc1.c1ccc2c(c1)Sc1cccc3c4c(-c5ccc(N(c6ccc7c(c6)oc6ccccc67)c6ccc7c(c6)oc6ccccc67)cc5)cccc4n-2c13. The number of hydrogen-bond donors (Lipinski definition) is 0. The van der Waals surface area contributed by atoms with Gasteiger partial charge in [0.1, 0.15) is 22.3 Å². The summed E-state index contributed by atoms with van der Waals surface area (Å²) < 4.78 is 17.7. The van der Waals surface area contributed by atoms with E-state index < -0.39 is 0 Å². The third-order valence-electron chi connectivity index (χ3n) is 19.6. The molecule has 6 heterocycles. The second-order valence-electron chi connectivity index (χ2n) is 25.1. The third-order valence-corrected chi connectivity index (χ3v) is 21.8. The molecule has 6 nitrogen and oxygen atoms in total. The van der Waals surface area contributed by atoms with Crippen LogP contribution in [0.1, 0.15) is 0 Å². The highest BCUT2D eigenvalue weighted by Crippen LogP contribution is 2.52. The van der Waals surface area contributed by atoms with Crippen LogP contribution in [0.2, 0.25) is 0 Å². The molecule has 0 amide bonds. The summed E-state index contributed by atoms with van der Waals surface area (Å²) in [6, 6.07) is 122. The Morgan fingerprint density at radius 2 is 0.622 bits per heavy atom. The molecule has 15 aromatic carbocycles. The summed E-state index contributed by atoms with van der Waals surface area (Å²) >= 11 is 3.72. The molecule has 4 aromatic heterocycles. The molecule has 8 heteroatoms. The smallest absolute Gasteiger partial charge is 0.137 e. The van der Waals surface area contributed by atoms with Crippen LogP contribution in [0.15, 0.2) is 368 Å². The van der Waals surface area contributed by atoms with Gasteiger partial charge in [0.15, 0.2) is 0 Å². The fourth-order valence-corrected chi connectivity index (χ4v) is 17.4. The zero-order valence-corrected chi connectivity index (χ0v) is 54.4. The van der Waals surface area contributed by atoms with Gasteiger partial charge in [-0.2, -0.15) is 0 Å². The van der Waals surface area contributed by atoms with E-state index in [0.29, 0.717) is 0 Å². The fraction of sp³-hybridized carbons (Fsp3) is 0. The quantitative estimate of drug-likeness (QED) is 0.143. The second kappa shape index (κ2) is 22.7. The lowest BCUT2D eigenvalue weighted by Crippen LogP contribution is -2.10. The maximum Gasteiger partial charge on any atom is 0.137 e. The summed E-state index contributed by atoms with van der Waals surface area (Å²) in [4.78, 5) is 9.85. The van der Waals surface area contributed by atoms with Crippen LogP contribution in [-0.2, 0) is 0 Å². The zero-order valence-electron chi connectivity index (χ0n) is 52.8. The number of benzene rings is 15. The van der Waals surface area contributed by atoms with Crippen LogP contribution in [0.3, 0.4) is 0 Å². The number of fused-ring (bicyclic) bond motifs is 16. The maximum atomic E-state index is 6.38. The average Bonchev–Trinajstić information content (AvgIpc) is 1.56. The van der Waals surface area contributed by atoms with E-state index in [-0.39, 0.29) is 0 Å². The van der Waals surface area contributed by atoms with E-state index in [1.807, 2.05) is 47.8 Å². The lowest BCUT2D eigenvalue weighted by Gasteiger charge is -2.27. The minimum Gasteiger partial charge on any atom is -0.456 e. The molecule has 0 fully saturated rings. The van der Waals surface area contributed by atoms with Gasteiger partial charge in [0, 0.05) is 103 Å². The van der Waals surface area contributed by atoms with Crippen molar-refractivity contribution in [2.45, 2.75) is 19.6 Å². The highest BCUT2D eigenvalue weighted by Gasteiger charge is 2.28. The summed E-state index contributed by atoms with van der Waals surface area (Å²) in [5.41, 5.74) is 24.7. The van der Waals surface area contributed by atoms with Crippen molar-refractivity contribution in [3.63, 3.8) is 0 Å². The minimum absolute atomic E-state index is 0.856. The van der Waals surface area contributed by atoms with Gasteiger partial charge in [-0.1, -0.05) is 224 Å². The number of rotatable bonds is 9. The average molecular weight is 1290 g/mol. The van der Waals surface area contributed by atoms with E-state index in [2.05, 4.69) is 334 Å². The Hall–Kier alpha value is -12.2. The molecule has 2 aliphatic heterocycles. The standard InChI is InChI=1S/C48H28N2O2S.C42H28N2S/c1-4-15-41-34(9-1)36-25-23-31(27-43(36)51-41)49(32-24-26-37-35-10-2-5-16-42(35)52-44(37)28-32)30-21-19-29(20-22-30)33-11-7-14-40-47(33)38-12-8-18-46-48(38)50(40)39-13-3-6-17-45(39)53-46;1-3-11-29(12-4-1)31-21-25-33(26-22-31)43(34-27-23-32(24-28-34)30-13-5-2-6-14-30)37-17-10-18-38-41(37)35-15-9-20-40-42(35)44(38)36-16-7-8-19-39(36)45-40/h1-28H;1-28H. The first-order valence-corrected chi connectivity index (χ1v) is 34.7. The summed E-state index contributed by atoms with van der Waals surface area (Å²) in [6.45, 7) is 0. The molecular weight excluding hydrogens is 1230 g/mol. The molecule has 98 heavy (non-hydrogen) atoms. The first-order valence-electron chi connectivity index (χ1n) is 33.1. The third kappa shape index (κ3) is 9.06. The van der Waals surface area contributed by atoms with E-state index >= 15 is 0 Å². The summed E-state index contributed by atoms with van der Waals surface area (Å²) in [7, 11) is 0. The van der Waals surface area contributed by atoms with Crippen molar-refractivity contribution < 1.29 is 8.83 Å². The molecule has 0 saturated heterocycles. The van der Waals surface area contributed by atoms with Gasteiger partial charge >= 0.3 is 0 Å². The van der Waals surface area contributed by atoms with Gasteiger partial charge in [-0.25, -0.2) is 0 Å². The predicted octanol–water partition coefficient (Wildman–Crippen LogP) is 26.2. The predicted molar refractivity (Wildman–Crippen MR) is 410 cm³/mol. The van der Waals surface area contributed by atoms with Crippen LogP contribution in [0, 0.1) is 0 Å². The van der Waals surface area contributed by atoms with Gasteiger partial charge in [-0.15, -0.1) is 0 Å². The Labute approximate surface area is 573 Å². The van der Waals surface area contributed by atoms with Crippen LogP contribution >= 0.6 is 23.5 Å². The number of nitrogens with zero attached hydrogens (tertiary/aromatic N) is 4. The topological polar surface area (TPSA) is 42.6 Å². The van der Waals surface area contributed by atoms with Gasteiger partial charge < -0.3 is 27.8 Å². The number of anilines is 6. The van der Waals surface area contributed by atoms with E-state index in [9.17, 15) is 0 Å². The maximum absolute atomic E-state index is 6.38. The van der Waals surface area contributed by atoms with Crippen LogP contribution in [0.4, 0.5) is 34.1 Å². The van der Waals surface area contributed by atoms with Crippen molar-refractivity contribution in [3.8, 4) is 44.8 Å². The Morgan fingerprint density at radius 1 is 0.245 bits per heavy atom. The minimum atomic E-state index is 0.856. The highest BCUT2D eigenvalue weighted by atomic mass is 32.2. The Balaban J connectivity index is 0.000000135. The summed E-state index contributed by atoms with van der Waals surface area (Å²) in [5.74, 6) is 0. The highest BCUT2D eigenvalue weighted by molar-refractivity contribution is 8.00. The second-order valence-corrected chi connectivity index (χ2v) is 27.3. The van der Waals surface area contributed by atoms with Crippen LogP contribution in [0.5, 0.6) is 0 Å². The van der Waals surface area contributed by atoms with E-state index in [0.717, 1.165) is 78.0 Å². The molecule has 0 saturated carbocycles. The van der Waals surface area contributed by atoms with Gasteiger partial charge in [0.05, 0.1) is 39.1 Å². The zero-order chi connectivity index (χ0) is 64.4. The Morgan fingerprint density at radius 3 is 1.15 bits per heavy atom. The van der Waals surface area contributed by atoms with Crippen molar-refractivity contribution in [1.82, 2.24) is 9.13 Å². The van der Waals surface area contributed by atoms with Crippen molar-refractivity contribution >= 4 is 145 Å².